The molecule has 1 saturated heterocycles. The molecule has 1 fully saturated rings. The number of carbonyl (C=O) groups is 2. The molecule has 0 unspecified atom stereocenters. The van der Waals surface area contributed by atoms with Crippen LogP contribution in [0.4, 0.5) is 5.69 Å². The maximum atomic E-state index is 12.6. The Labute approximate surface area is 189 Å². The van der Waals surface area contributed by atoms with Gasteiger partial charge in [0.05, 0.1) is 0 Å². The van der Waals surface area contributed by atoms with Crippen molar-refractivity contribution in [1.29, 1.82) is 0 Å². The summed E-state index contributed by atoms with van der Waals surface area (Å²) in [6.07, 6.45) is 2.10. The number of ether oxygens (including phenoxy) is 1. The molecule has 1 aliphatic heterocycles. The van der Waals surface area contributed by atoms with E-state index in [2.05, 4.69) is 24.4 Å². The summed E-state index contributed by atoms with van der Waals surface area (Å²) >= 11 is 0. The normalized spacial score (nSPS) is 14.1. The van der Waals surface area contributed by atoms with Crippen LogP contribution in [0.5, 0.6) is 5.75 Å². The van der Waals surface area contributed by atoms with Crippen LogP contribution in [0.3, 0.4) is 0 Å². The number of carbonyl (C=O) groups excluding carboxylic acids is 2. The Balaban J connectivity index is 1.26. The van der Waals surface area contributed by atoms with E-state index < -0.39 is 0 Å². The van der Waals surface area contributed by atoms with Crippen molar-refractivity contribution in [3.8, 4) is 16.9 Å². The minimum Gasteiger partial charge on any atom is -0.484 e. The van der Waals surface area contributed by atoms with Gasteiger partial charge in [-0.15, -0.1) is 0 Å². The molecule has 0 atom stereocenters. The average Bonchev–Trinajstić information content (AvgIpc) is 2.84. The number of nitrogens with one attached hydrogen (secondary N) is 1. The SMILES string of the molecule is CC1CCN(C(=O)c2ccc(NC(=O)COc3ccc(-c4ccccc4)cc3)cc2)CC1. The lowest BCUT2D eigenvalue weighted by Gasteiger charge is -2.30. The van der Waals surface area contributed by atoms with Gasteiger partial charge in [-0.3, -0.25) is 9.59 Å². The fourth-order valence-electron chi connectivity index (χ4n) is 3.81. The standard InChI is InChI=1S/C27H28N2O3/c1-20-15-17-29(18-16-20)27(31)23-7-11-24(12-8-23)28-26(30)19-32-25-13-9-22(10-14-25)21-5-3-2-4-6-21/h2-14,20H,15-19H2,1H3,(H,28,30). The van der Waals surface area contributed by atoms with Crippen LogP contribution in [0, 0.1) is 5.92 Å². The first kappa shape index (κ1) is 21.6. The zero-order chi connectivity index (χ0) is 22.3. The first-order valence-corrected chi connectivity index (χ1v) is 11.1. The molecule has 5 heteroatoms. The van der Waals surface area contributed by atoms with Gasteiger partial charge >= 0.3 is 0 Å². The average molecular weight is 429 g/mol. The van der Waals surface area contributed by atoms with Crippen molar-refractivity contribution in [1.82, 2.24) is 4.90 Å². The highest BCUT2D eigenvalue weighted by atomic mass is 16.5. The van der Waals surface area contributed by atoms with E-state index in [1.165, 1.54) is 0 Å². The van der Waals surface area contributed by atoms with E-state index in [1.807, 2.05) is 47.4 Å². The smallest absolute Gasteiger partial charge is 0.262 e. The third-order valence-electron chi connectivity index (χ3n) is 5.82. The van der Waals surface area contributed by atoms with Crippen molar-refractivity contribution in [2.45, 2.75) is 19.8 Å². The summed E-state index contributed by atoms with van der Waals surface area (Å²) in [6.45, 7) is 3.75. The van der Waals surface area contributed by atoms with Crippen molar-refractivity contribution in [3.05, 3.63) is 84.4 Å². The van der Waals surface area contributed by atoms with Gasteiger partial charge in [0.15, 0.2) is 6.61 Å². The molecule has 1 heterocycles. The second-order valence-corrected chi connectivity index (χ2v) is 8.28. The van der Waals surface area contributed by atoms with Crippen molar-refractivity contribution in [2.75, 3.05) is 25.0 Å². The Hall–Kier alpha value is -3.60. The monoisotopic (exact) mass is 428 g/mol. The predicted molar refractivity (Wildman–Crippen MR) is 127 cm³/mol. The molecule has 164 valence electrons. The third kappa shape index (κ3) is 5.55. The van der Waals surface area contributed by atoms with Crippen molar-refractivity contribution in [3.63, 3.8) is 0 Å². The van der Waals surface area contributed by atoms with Gasteiger partial charge in [-0.05, 0) is 66.3 Å². The van der Waals surface area contributed by atoms with Gasteiger partial charge < -0.3 is 15.0 Å². The quantitative estimate of drug-likeness (QED) is 0.584. The van der Waals surface area contributed by atoms with E-state index >= 15 is 0 Å². The highest BCUT2D eigenvalue weighted by Gasteiger charge is 2.21. The first-order chi connectivity index (χ1) is 15.6. The van der Waals surface area contributed by atoms with Crippen LogP contribution in [0.2, 0.25) is 0 Å². The second kappa shape index (κ2) is 10.1. The van der Waals surface area contributed by atoms with Crippen LogP contribution < -0.4 is 10.1 Å². The molecule has 0 spiro atoms. The third-order valence-corrected chi connectivity index (χ3v) is 5.82. The number of likely N-dealkylation sites (tertiary alicyclic amines) is 1. The van der Waals surface area contributed by atoms with Gasteiger partial charge in [0.2, 0.25) is 0 Å². The molecule has 0 saturated carbocycles. The number of rotatable bonds is 6. The number of benzene rings is 3. The molecule has 3 aromatic rings. The lowest BCUT2D eigenvalue weighted by Crippen LogP contribution is -2.37. The number of nitrogens with zero attached hydrogens (tertiary/aromatic N) is 1. The van der Waals surface area contributed by atoms with E-state index in [9.17, 15) is 9.59 Å². The van der Waals surface area contributed by atoms with Crippen LogP contribution in [0.15, 0.2) is 78.9 Å². The Bertz CT molecular complexity index is 1040. The Morgan fingerprint density at radius 1 is 0.875 bits per heavy atom. The molecule has 2 amide bonds. The molecular weight excluding hydrogens is 400 g/mol. The first-order valence-electron chi connectivity index (χ1n) is 11.1. The molecule has 0 bridgehead atoms. The topological polar surface area (TPSA) is 58.6 Å². The molecule has 5 nitrogen and oxygen atoms in total. The van der Waals surface area contributed by atoms with E-state index in [-0.39, 0.29) is 18.4 Å². The van der Waals surface area contributed by atoms with Crippen LogP contribution in [-0.4, -0.2) is 36.4 Å². The maximum absolute atomic E-state index is 12.6. The van der Waals surface area contributed by atoms with Gasteiger partial charge in [0, 0.05) is 24.3 Å². The minimum absolute atomic E-state index is 0.0528. The molecule has 1 N–H and O–H groups in total. The van der Waals surface area contributed by atoms with E-state index in [4.69, 9.17) is 4.74 Å². The van der Waals surface area contributed by atoms with Gasteiger partial charge in [-0.25, -0.2) is 0 Å². The van der Waals surface area contributed by atoms with Gasteiger partial charge in [0.25, 0.3) is 11.8 Å². The summed E-state index contributed by atoms with van der Waals surface area (Å²) in [6, 6.07) is 24.8. The van der Waals surface area contributed by atoms with E-state index in [0.717, 1.165) is 37.1 Å². The summed E-state index contributed by atoms with van der Waals surface area (Å²) in [5.41, 5.74) is 3.51. The molecule has 0 aromatic heterocycles. The predicted octanol–water partition coefficient (Wildman–Crippen LogP) is 5.24. The van der Waals surface area contributed by atoms with Crippen LogP contribution in [-0.2, 0) is 4.79 Å². The maximum Gasteiger partial charge on any atom is 0.262 e. The summed E-state index contributed by atoms with van der Waals surface area (Å²) in [5, 5.41) is 2.81. The minimum atomic E-state index is -0.249. The summed E-state index contributed by atoms with van der Waals surface area (Å²) in [4.78, 5) is 26.8. The largest absolute Gasteiger partial charge is 0.484 e. The summed E-state index contributed by atoms with van der Waals surface area (Å²) < 4.78 is 5.61. The second-order valence-electron chi connectivity index (χ2n) is 8.28. The number of anilines is 1. The lowest BCUT2D eigenvalue weighted by atomic mass is 9.98. The Morgan fingerprint density at radius 3 is 2.16 bits per heavy atom. The number of amides is 2. The molecule has 4 rings (SSSR count). The van der Waals surface area contributed by atoms with Crippen molar-refractivity contribution >= 4 is 17.5 Å². The molecule has 0 radical (unpaired) electrons. The lowest BCUT2D eigenvalue weighted by molar-refractivity contribution is -0.118. The molecule has 32 heavy (non-hydrogen) atoms. The van der Waals surface area contributed by atoms with Crippen LogP contribution in [0.1, 0.15) is 30.1 Å². The summed E-state index contributed by atoms with van der Waals surface area (Å²) in [5.74, 6) is 1.12. The Morgan fingerprint density at radius 2 is 1.50 bits per heavy atom. The summed E-state index contributed by atoms with van der Waals surface area (Å²) in [7, 11) is 0. The van der Waals surface area contributed by atoms with Gasteiger partial charge in [0.1, 0.15) is 5.75 Å². The van der Waals surface area contributed by atoms with Crippen LogP contribution >= 0.6 is 0 Å². The van der Waals surface area contributed by atoms with Gasteiger partial charge in [-0.2, -0.15) is 0 Å². The molecule has 3 aromatic carbocycles. The zero-order valence-corrected chi connectivity index (χ0v) is 18.3. The molecular formula is C27H28N2O3. The fraction of sp³-hybridized carbons (Fsp3) is 0.259. The van der Waals surface area contributed by atoms with Crippen LogP contribution in [0.25, 0.3) is 11.1 Å². The highest BCUT2D eigenvalue weighted by molar-refractivity contribution is 5.96. The fourth-order valence-corrected chi connectivity index (χ4v) is 3.81. The van der Waals surface area contributed by atoms with Crippen molar-refractivity contribution in [2.24, 2.45) is 5.92 Å². The highest BCUT2D eigenvalue weighted by Crippen LogP contribution is 2.22. The number of hydrogen-bond acceptors (Lipinski definition) is 3. The number of hydrogen-bond donors (Lipinski definition) is 1. The zero-order valence-electron chi connectivity index (χ0n) is 18.3. The number of piperidine rings is 1. The van der Waals surface area contributed by atoms with E-state index in [0.29, 0.717) is 22.9 Å². The molecule has 1 aliphatic rings. The Kier molecular flexibility index (Phi) is 6.85. The molecule has 0 aliphatic carbocycles. The van der Waals surface area contributed by atoms with Gasteiger partial charge in [-0.1, -0.05) is 49.4 Å². The van der Waals surface area contributed by atoms with E-state index in [1.54, 1.807) is 24.3 Å². The van der Waals surface area contributed by atoms with Crippen molar-refractivity contribution < 1.29 is 14.3 Å².